The van der Waals surface area contributed by atoms with Gasteiger partial charge < -0.3 is 9.47 Å². The Hall–Kier alpha value is -3.57. The number of nitrogens with one attached hydrogen (secondary N) is 2. The summed E-state index contributed by atoms with van der Waals surface area (Å²) < 4.78 is 11.4. The smallest absolute Gasteiger partial charge is 0.302 e. The van der Waals surface area contributed by atoms with Crippen LogP contribution in [0.25, 0.3) is 0 Å². The Kier molecular flexibility index (Phi) is 10.6. The number of H-pyrrole nitrogens is 1. The number of carbonyl (C=O) groups excluding carboxylic acids is 3. The van der Waals surface area contributed by atoms with Gasteiger partial charge in [0, 0.05) is 48.7 Å². The summed E-state index contributed by atoms with van der Waals surface area (Å²) in [6.45, 7) is 13.5. The molecule has 2 N–H and O–H groups in total. The van der Waals surface area contributed by atoms with Gasteiger partial charge in [-0.1, -0.05) is 27.7 Å². The molecular formula is C50H72N6O6. The van der Waals surface area contributed by atoms with Gasteiger partial charge in [-0.05, 0) is 180 Å². The monoisotopic (exact) mass is 853 g/mol. The molecule has 12 heteroatoms. The second kappa shape index (κ2) is 15.6. The molecule has 0 bridgehead atoms. The summed E-state index contributed by atoms with van der Waals surface area (Å²) in [6.07, 6.45) is 20.5. The van der Waals surface area contributed by atoms with E-state index in [4.69, 9.17) is 24.4 Å². The number of fused-ring (bicyclic) bond motifs is 10. The molecule has 9 fully saturated rings. The van der Waals surface area contributed by atoms with Crippen LogP contribution in [0.3, 0.4) is 0 Å². The van der Waals surface area contributed by atoms with Crippen LogP contribution in [0.2, 0.25) is 0 Å². The predicted octanol–water partition coefficient (Wildman–Crippen LogP) is 8.84. The lowest BCUT2D eigenvalue weighted by Crippen LogP contribution is -2.55. The molecule has 1 aliphatic heterocycles. The van der Waals surface area contributed by atoms with Gasteiger partial charge in [0.05, 0.1) is 0 Å². The number of anilines is 1. The zero-order valence-electron chi connectivity index (χ0n) is 38.3. The second-order valence-corrected chi connectivity index (χ2v) is 22.8. The molecule has 1 amide bonds. The highest BCUT2D eigenvalue weighted by atomic mass is 16.5. The quantitative estimate of drug-likeness (QED) is 0.279. The van der Waals surface area contributed by atoms with E-state index in [1.54, 1.807) is 5.01 Å². The van der Waals surface area contributed by atoms with Crippen molar-refractivity contribution in [2.24, 2.45) is 79.0 Å². The van der Waals surface area contributed by atoms with Gasteiger partial charge in [-0.15, -0.1) is 0 Å². The number of nitrogens with zero attached hydrogens (tertiary/aromatic N) is 4. The maximum Gasteiger partial charge on any atom is 0.302 e. The fraction of sp³-hybridized carbons (Fsp3) is 0.820. The number of esters is 2. The maximum atomic E-state index is 13.8. The zero-order chi connectivity index (χ0) is 43.3. The first kappa shape index (κ1) is 42.4. The first-order chi connectivity index (χ1) is 29.6. The number of rotatable bonds is 5. The van der Waals surface area contributed by atoms with Crippen LogP contribution >= 0.6 is 0 Å². The summed E-state index contributed by atoms with van der Waals surface area (Å²) in [5, 5.41) is 1.68. The van der Waals surface area contributed by atoms with Crippen LogP contribution in [0, 0.1) is 69.0 Å². The average Bonchev–Trinajstić information content (AvgIpc) is 3.73. The molecule has 15 atom stereocenters. The molecule has 0 radical (unpaired) electrons. The van der Waals surface area contributed by atoms with E-state index in [-0.39, 0.29) is 51.9 Å². The highest BCUT2D eigenvalue weighted by molar-refractivity contribution is 5.96. The van der Waals surface area contributed by atoms with Crippen LogP contribution in [0.5, 0.6) is 0 Å². The minimum absolute atomic E-state index is 0.0200. The summed E-state index contributed by atoms with van der Waals surface area (Å²) in [5.41, 5.74) is 5.78. The summed E-state index contributed by atoms with van der Waals surface area (Å²) in [6, 6.07) is 1.04. The van der Waals surface area contributed by atoms with E-state index in [9.17, 15) is 19.2 Å². The van der Waals surface area contributed by atoms with Gasteiger partial charge in [0.25, 0.3) is 11.5 Å². The van der Waals surface area contributed by atoms with Crippen LogP contribution < -0.4 is 16.0 Å². The molecule has 1 unspecified atom stereocenters. The van der Waals surface area contributed by atoms with Crippen LogP contribution in [0.4, 0.5) is 11.8 Å². The molecule has 1 aromatic heterocycles. The molecule has 9 aliphatic rings. The van der Waals surface area contributed by atoms with Crippen molar-refractivity contribution in [2.45, 2.75) is 182 Å². The van der Waals surface area contributed by atoms with Gasteiger partial charge in [-0.2, -0.15) is 4.98 Å². The van der Waals surface area contributed by atoms with Crippen molar-refractivity contribution in [2.75, 3.05) is 11.6 Å². The summed E-state index contributed by atoms with van der Waals surface area (Å²) in [7, 11) is 0. The topological polar surface area (TPSA) is 155 Å². The van der Waals surface area contributed by atoms with Gasteiger partial charge in [0.1, 0.15) is 18.2 Å². The molecule has 12 nitrogen and oxygen atoms in total. The van der Waals surface area contributed by atoms with E-state index in [0.717, 1.165) is 77.0 Å². The summed E-state index contributed by atoms with van der Waals surface area (Å²) >= 11 is 0. The van der Waals surface area contributed by atoms with Crippen molar-refractivity contribution >= 4 is 41.0 Å². The predicted molar refractivity (Wildman–Crippen MR) is 238 cm³/mol. The third-order valence-corrected chi connectivity index (χ3v) is 20.1. The lowest BCUT2D eigenvalue weighted by Gasteiger charge is -2.60. The number of aromatic amines is 1. The van der Waals surface area contributed by atoms with Crippen molar-refractivity contribution in [1.82, 2.24) is 15.4 Å². The molecule has 62 heavy (non-hydrogen) atoms. The van der Waals surface area contributed by atoms with E-state index < -0.39 is 6.04 Å². The van der Waals surface area contributed by atoms with Crippen molar-refractivity contribution < 1.29 is 23.9 Å². The second-order valence-electron chi connectivity index (χ2n) is 22.8. The normalized spacial score (nSPS) is 46.1. The van der Waals surface area contributed by atoms with Gasteiger partial charge in [0.2, 0.25) is 5.95 Å². The molecule has 2 heterocycles. The van der Waals surface area contributed by atoms with E-state index in [1.807, 2.05) is 0 Å². The van der Waals surface area contributed by atoms with Crippen molar-refractivity contribution in [3.05, 3.63) is 16.4 Å². The number of ether oxygens (including phenoxy) is 2. The number of amides is 1. The summed E-state index contributed by atoms with van der Waals surface area (Å²) in [5.74, 6) is 5.39. The van der Waals surface area contributed by atoms with Crippen LogP contribution in [0.15, 0.2) is 20.8 Å². The fourth-order valence-electron chi connectivity index (χ4n) is 17.0. The highest BCUT2D eigenvalue weighted by Crippen LogP contribution is 2.67. The standard InChI is InChI=1S/C50H72N6O6/c1-28(57)61-32-15-20-47(3)30(25-32)7-9-34-36-11-13-41(49(36,5)22-17-38(34)47)51-40-19-24-56(55-45(40)60)46-53-43(27-44(59)54-46)52-42-14-12-37-35-10-8-31-26-33(62-29(2)58)16-21-48(31,4)39(35)18-23-50(37,42)6/h27,30-40H,7-26H2,1-6H3,(H,55,60)(H,53,54,59)/b51-41?,52-42-/t30-,31-,32-,33-,34-,35-,36-,37-,38-,39-,40?,47-,48-,49-,50-/m0/s1. The minimum Gasteiger partial charge on any atom is -0.463 e. The maximum absolute atomic E-state index is 13.8. The zero-order valence-corrected chi connectivity index (χ0v) is 38.3. The van der Waals surface area contributed by atoms with Crippen molar-refractivity contribution in [3.63, 3.8) is 0 Å². The molecule has 338 valence electrons. The van der Waals surface area contributed by atoms with E-state index in [1.165, 1.54) is 69.9 Å². The van der Waals surface area contributed by atoms with Gasteiger partial charge in [-0.25, -0.2) is 4.99 Å². The molecule has 8 aliphatic carbocycles. The lowest BCUT2D eigenvalue weighted by molar-refractivity contribution is -0.158. The van der Waals surface area contributed by atoms with Crippen LogP contribution in [0.1, 0.15) is 164 Å². The Bertz CT molecular complexity index is 2100. The highest BCUT2D eigenvalue weighted by Gasteiger charge is 2.61. The van der Waals surface area contributed by atoms with Crippen LogP contribution in [-0.4, -0.2) is 64.0 Å². The lowest BCUT2D eigenvalue weighted by atomic mass is 9.45. The Morgan fingerprint density at radius 3 is 1.79 bits per heavy atom. The molecule has 8 saturated carbocycles. The number of hydrogen-bond acceptors (Lipinski definition) is 10. The van der Waals surface area contributed by atoms with Gasteiger partial charge in [0.15, 0.2) is 5.82 Å². The Morgan fingerprint density at radius 2 is 1.24 bits per heavy atom. The Labute approximate surface area is 368 Å². The van der Waals surface area contributed by atoms with E-state index >= 15 is 0 Å². The van der Waals surface area contributed by atoms with Gasteiger partial charge >= 0.3 is 11.9 Å². The van der Waals surface area contributed by atoms with E-state index in [2.05, 4.69) is 38.1 Å². The van der Waals surface area contributed by atoms with E-state index in [0.29, 0.717) is 77.5 Å². The molecule has 0 spiro atoms. The minimum atomic E-state index is -0.457. The first-order valence-corrected chi connectivity index (χ1v) is 24.8. The number of carbonyl (C=O) groups is 3. The van der Waals surface area contributed by atoms with Crippen molar-refractivity contribution in [1.29, 1.82) is 0 Å². The SMILES string of the molecule is CC(=O)O[C@H]1CC[C@@]2(C)[C@@H](CC[C@@H]3[C@@H]2CC[C@]2(C)C(=NC4CCN(c5nc(/N=C6/CC[C@H]7[C@@H]8CC[C@H]9C[C@@H](OC(C)=O)CC[C@]9(C)[C@H]8CC[C@]67C)cc(=O)[nH]5)NC4=O)CC[C@@H]32)C1. The van der Waals surface area contributed by atoms with Gasteiger partial charge in [-0.3, -0.25) is 39.6 Å². The third-order valence-electron chi connectivity index (χ3n) is 20.1. The number of aliphatic imine (C=N–C) groups is 2. The first-order valence-electron chi connectivity index (χ1n) is 24.8. The number of hydrazine groups is 1. The van der Waals surface area contributed by atoms with Crippen molar-refractivity contribution in [3.8, 4) is 0 Å². The molecule has 1 aromatic rings. The van der Waals surface area contributed by atoms with Crippen LogP contribution in [-0.2, 0) is 23.9 Å². The Morgan fingerprint density at radius 1 is 0.694 bits per heavy atom. The Balaban J connectivity index is 0.790. The molecule has 0 aromatic carbocycles. The fourth-order valence-corrected chi connectivity index (χ4v) is 17.0. The molecule has 1 saturated heterocycles. The molecule has 10 rings (SSSR count). The third kappa shape index (κ3) is 7.00. The average molecular weight is 853 g/mol. The number of hydrogen-bond donors (Lipinski definition) is 2. The summed E-state index contributed by atoms with van der Waals surface area (Å²) in [4.78, 5) is 68.7. The molecular weight excluding hydrogens is 781 g/mol. The number of aromatic nitrogens is 2. The largest absolute Gasteiger partial charge is 0.463 e.